The summed E-state index contributed by atoms with van der Waals surface area (Å²) in [6.07, 6.45) is 5.25. The van der Waals surface area contributed by atoms with Crippen LogP contribution in [0.1, 0.15) is 37.7 Å². The predicted octanol–water partition coefficient (Wildman–Crippen LogP) is 4.42. The first-order chi connectivity index (χ1) is 13.1. The van der Waals surface area contributed by atoms with Gasteiger partial charge in [0.2, 0.25) is 11.8 Å². The molecule has 5 nitrogen and oxygen atoms in total. The summed E-state index contributed by atoms with van der Waals surface area (Å²) in [5.41, 5.74) is 1.80. The van der Waals surface area contributed by atoms with Crippen molar-refractivity contribution < 1.29 is 14.3 Å². The summed E-state index contributed by atoms with van der Waals surface area (Å²) >= 11 is 0. The molecule has 1 aliphatic carbocycles. The van der Waals surface area contributed by atoms with Gasteiger partial charge in [-0.25, -0.2) is 0 Å². The van der Waals surface area contributed by atoms with Crippen LogP contribution in [0.2, 0.25) is 0 Å². The van der Waals surface area contributed by atoms with Crippen molar-refractivity contribution in [3.8, 4) is 11.5 Å². The highest BCUT2D eigenvalue weighted by Crippen LogP contribution is 2.24. The number of ether oxygens (including phenoxy) is 1. The maximum Gasteiger partial charge on any atom is 0.243 e. The van der Waals surface area contributed by atoms with Crippen LogP contribution in [-0.4, -0.2) is 18.4 Å². The van der Waals surface area contributed by atoms with E-state index >= 15 is 0 Å². The highest BCUT2D eigenvalue weighted by Gasteiger charge is 2.21. The minimum absolute atomic E-state index is 0.00310. The van der Waals surface area contributed by atoms with Crippen molar-refractivity contribution in [2.45, 2.75) is 39.0 Å². The SMILES string of the molecule is Cc1cccc(Oc2ccc(NC(=O)CNC(=O)C3CCCCC3)cc2)c1. The lowest BCUT2D eigenvalue weighted by Crippen LogP contribution is -2.37. The highest BCUT2D eigenvalue weighted by atomic mass is 16.5. The molecule has 2 amide bonds. The molecule has 0 aromatic heterocycles. The van der Waals surface area contributed by atoms with Gasteiger partial charge in [0.1, 0.15) is 11.5 Å². The maximum absolute atomic E-state index is 12.1. The molecule has 142 valence electrons. The van der Waals surface area contributed by atoms with E-state index in [0.29, 0.717) is 11.4 Å². The number of benzene rings is 2. The molecule has 2 aromatic carbocycles. The zero-order valence-corrected chi connectivity index (χ0v) is 15.7. The van der Waals surface area contributed by atoms with Gasteiger partial charge in [-0.15, -0.1) is 0 Å². The standard InChI is InChI=1S/C22H26N2O3/c1-16-6-5-9-20(14-16)27-19-12-10-18(11-13-19)24-21(25)15-23-22(26)17-7-3-2-4-8-17/h5-6,9-14,17H,2-4,7-8,15H2,1H3,(H,23,26)(H,24,25). The molecule has 1 saturated carbocycles. The molecule has 0 saturated heterocycles. The lowest BCUT2D eigenvalue weighted by molar-refractivity contribution is -0.128. The molecule has 3 rings (SSSR count). The third-order valence-corrected chi connectivity index (χ3v) is 4.76. The molecule has 0 unspecified atom stereocenters. The topological polar surface area (TPSA) is 67.4 Å². The van der Waals surface area contributed by atoms with E-state index in [1.54, 1.807) is 24.3 Å². The fourth-order valence-electron chi connectivity index (χ4n) is 3.30. The van der Waals surface area contributed by atoms with Gasteiger partial charge in [-0.2, -0.15) is 0 Å². The van der Waals surface area contributed by atoms with Crippen LogP contribution in [0.5, 0.6) is 11.5 Å². The minimum atomic E-state index is -0.230. The third kappa shape index (κ3) is 5.84. The van der Waals surface area contributed by atoms with E-state index in [1.165, 1.54) is 6.42 Å². The van der Waals surface area contributed by atoms with E-state index in [4.69, 9.17) is 4.74 Å². The Morgan fingerprint density at radius 1 is 1.00 bits per heavy atom. The lowest BCUT2D eigenvalue weighted by Gasteiger charge is -2.20. The zero-order chi connectivity index (χ0) is 19.1. The van der Waals surface area contributed by atoms with Gasteiger partial charge >= 0.3 is 0 Å². The number of carbonyl (C=O) groups excluding carboxylic acids is 2. The van der Waals surface area contributed by atoms with Crippen molar-refractivity contribution in [2.75, 3.05) is 11.9 Å². The van der Waals surface area contributed by atoms with Crippen LogP contribution in [0, 0.1) is 12.8 Å². The molecule has 0 heterocycles. The number of nitrogens with one attached hydrogen (secondary N) is 2. The van der Waals surface area contributed by atoms with Crippen LogP contribution in [0.25, 0.3) is 0 Å². The summed E-state index contributed by atoms with van der Waals surface area (Å²) in [5.74, 6) is 1.30. The van der Waals surface area contributed by atoms with Gasteiger partial charge in [0.15, 0.2) is 0 Å². The van der Waals surface area contributed by atoms with Gasteiger partial charge in [-0.05, 0) is 61.7 Å². The van der Waals surface area contributed by atoms with E-state index in [9.17, 15) is 9.59 Å². The van der Waals surface area contributed by atoms with Crippen molar-refractivity contribution in [3.63, 3.8) is 0 Å². The van der Waals surface area contributed by atoms with Crippen molar-refractivity contribution in [2.24, 2.45) is 5.92 Å². The summed E-state index contributed by atoms with van der Waals surface area (Å²) in [6.45, 7) is 2.01. The van der Waals surface area contributed by atoms with Gasteiger partial charge in [-0.1, -0.05) is 31.4 Å². The molecule has 1 fully saturated rings. The Morgan fingerprint density at radius 3 is 2.44 bits per heavy atom. The normalized spacial score (nSPS) is 14.4. The fourth-order valence-corrected chi connectivity index (χ4v) is 3.30. The van der Waals surface area contributed by atoms with Gasteiger partial charge in [-0.3, -0.25) is 9.59 Å². The quantitative estimate of drug-likeness (QED) is 0.795. The smallest absolute Gasteiger partial charge is 0.243 e. The van der Waals surface area contributed by atoms with Gasteiger partial charge in [0.05, 0.1) is 6.54 Å². The molecule has 5 heteroatoms. The van der Waals surface area contributed by atoms with Crippen molar-refractivity contribution in [3.05, 3.63) is 54.1 Å². The molecule has 0 spiro atoms. The Labute approximate surface area is 160 Å². The Kier molecular flexibility index (Phi) is 6.47. The molecule has 0 bridgehead atoms. The van der Waals surface area contributed by atoms with Crippen LogP contribution in [-0.2, 0) is 9.59 Å². The Morgan fingerprint density at radius 2 is 1.74 bits per heavy atom. The monoisotopic (exact) mass is 366 g/mol. The fraction of sp³-hybridized carbons (Fsp3) is 0.364. The number of amides is 2. The molecule has 2 N–H and O–H groups in total. The molecule has 2 aromatic rings. The number of carbonyl (C=O) groups is 2. The first-order valence-electron chi connectivity index (χ1n) is 9.52. The second-order valence-electron chi connectivity index (χ2n) is 7.04. The summed E-state index contributed by atoms with van der Waals surface area (Å²) in [6, 6.07) is 15.0. The summed E-state index contributed by atoms with van der Waals surface area (Å²) < 4.78 is 5.80. The second kappa shape index (κ2) is 9.21. The van der Waals surface area contributed by atoms with Crippen LogP contribution in [0.4, 0.5) is 5.69 Å². The number of rotatable bonds is 6. The summed E-state index contributed by atoms with van der Waals surface area (Å²) in [4.78, 5) is 24.1. The van der Waals surface area contributed by atoms with Crippen molar-refractivity contribution in [1.29, 1.82) is 0 Å². The van der Waals surface area contributed by atoms with E-state index in [2.05, 4.69) is 10.6 Å². The van der Waals surface area contributed by atoms with Crippen LogP contribution in [0.3, 0.4) is 0 Å². The van der Waals surface area contributed by atoms with Crippen molar-refractivity contribution >= 4 is 17.5 Å². The number of anilines is 1. The van der Waals surface area contributed by atoms with Gasteiger partial charge < -0.3 is 15.4 Å². The molecule has 0 radical (unpaired) electrons. The largest absolute Gasteiger partial charge is 0.457 e. The van der Waals surface area contributed by atoms with E-state index in [1.807, 2.05) is 31.2 Å². The summed E-state index contributed by atoms with van der Waals surface area (Å²) in [7, 11) is 0. The van der Waals surface area contributed by atoms with E-state index < -0.39 is 0 Å². The number of hydrogen-bond acceptors (Lipinski definition) is 3. The average Bonchev–Trinajstić information content (AvgIpc) is 2.68. The molecule has 1 aliphatic rings. The Hall–Kier alpha value is -2.82. The first-order valence-corrected chi connectivity index (χ1v) is 9.52. The van der Waals surface area contributed by atoms with Crippen LogP contribution in [0.15, 0.2) is 48.5 Å². The van der Waals surface area contributed by atoms with Crippen molar-refractivity contribution in [1.82, 2.24) is 5.32 Å². The van der Waals surface area contributed by atoms with E-state index in [-0.39, 0.29) is 24.3 Å². The number of hydrogen-bond donors (Lipinski definition) is 2. The molecular formula is C22H26N2O3. The first kappa shape index (κ1) is 19.0. The third-order valence-electron chi connectivity index (χ3n) is 4.76. The second-order valence-corrected chi connectivity index (χ2v) is 7.04. The van der Waals surface area contributed by atoms with Crippen LogP contribution >= 0.6 is 0 Å². The summed E-state index contributed by atoms with van der Waals surface area (Å²) in [5, 5.41) is 5.54. The molecule has 0 atom stereocenters. The lowest BCUT2D eigenvalue weighted by atomic mass is 9.89. The Bertz CT molecular complexity index is 780. The minimum Gasteiger partial charge on any atom is -0.457 e. The molecule has 0 aliphatic heterocycles. The number of aryl methyl sites for hydroxylation is 1. The van der Waals surface area contributed by atoms with Crippen LogP contribution < -0.4 is 15.4 Å². The molecular weight excluding hydrogens is 340 g/mol. The zero-order valence-electron chi connectivity index (χ0n) is 15.7. The van der Waals surface area contributed by atoms with Gasteiger partial charge in [0.25, 0.3) is 0 Å². The highest BCUT2D eigenvalue weighted by molar-refractivity contribution is 5.94. The predicted molar refractivity (Wildman–Crippen MR) is 106 cm³/mol. The van der Waals surface area contributed by atoms with E-state index in [0.717, 1.165) is 37.0 Å². The van der Waals surface area contributed by atoms with Gasteiger partial charge in [0, 0.05) is 11.6 Å². The molecule has 27 heavy (non-hydrogen) atoms. The maximum atomic E-state index is 12.1. The Balaban J connectivity index is 1.46. The average molecular weight is 366 g/mol.